The Hall–Kier alpha value is -1.44. The molecule has 2 heteroatoms. The third-order valence-electron chi connectivity index (χ3n) is 3.11. The van der Waals surface area contributed by atoms with E-state index in [9.17, 15) is 9.59 Å². The monoisotopic (exact) mass is 246 g/mol. The highest BCUT2D eigenvalue weighted by Gasteiger charge is 2.13. The van der Waals surface area contributed by atoms with Gasteiger partial charge in [-0.1, -0.05) is 37.5 Å². The summed E-state index contributed by atoms with van der Waals surface area (Å²) in [7, 11) is 0. The molecule has 0 N–H and O–H groups in total. The van der Waals surface area contributed by atoms with Crippen LogP contribution in [-0.4, -0.2) is 11.6 Å². The largest absolute Gasteiger partial charge is 0.299 e. The standard InChI is InChI=1S/C16H22O2/c1-4-5-6-7-14(17)11-16(18)15-10-12(2)8-9-13(15)3/h8-10H,4-7,11H2,1-3H3. The number of rotatable bonds is 7. The van der Waals surface area contributed by atoms with Crippen molar-refractivity contribution in [3.8, 4) is 0 Å². The highest BCUT2D eigenvalue weighted by Crippen LogP contribution is 2.14. The van der Waals surface area contributed by atoms with Crippen LogP contribution in [0.4, 0.5) is 0 Å². The summed E-state index contributed by atoms with van der Waals surface area (Å²) >= 11 is 0. The van der Waals surface area contributed by atoms with Gasteiger partial charge in [0.15, 0.2) is 5.78 Å². The van der Waals surface area contributed by atoms with Crippen molar-refractivity contribution in [2.75, 3.05) is 0 Å². The lowest BCUT2D eigenvalue weighted by Gasteiger charge is -2.06. The Labute approximate surface area is 109 Å². The van der Waals surface area contributed by atoms with Crippen molar-refractivity contribution in [1.82, 2.24) is 0 Å². The zero-order valence-corrected chi connectivity index (χ0v) is 11.6. The van der Waals surface area contributed by atoms with E-state index >= 15 is 0 Å². The minimum atomic E-state index is -0.0438. The molecule has 0 spiro atoms. The number of Topliss-reactive ketones (excluding diaryl/α,β-unsaturated/α-hetero) is 2. The predicted octanol–water partition coefficient (Wildman–Crippen LogP) is 4.03. The van der Waals surface area contributed by atoms with Crippen LogP contribution in [0.5, 0.6) is 0 Å². The van der Waals surface area contributed by atoms with Crippen molar-refractivity contribution in [2.45, 2.75) is 52.9 Å². The zero-order chi connectivity index (χ0) is 13.5. The molecule has 0 saturated heterocycles. The predicted molar refractivity (Wildman–Crippen MR) is 74.0 cm³/mol. The van der Waals surface area contributed by atoms with E-state index in [0.717, 1.165) is 30.4 Å². The summed E-state index contributed by atoms with van der Waals surface area (Å²) in [6.07, 6.45) is 3.63. The third-order valence-corrected chi connectivity index (χ3v) is 3.11. The summed E-state index contributed by atoms with van der Waals surface area (Å²) in [5.74, 6) is 0.0204. The number of carbonyl (C=O) groups is 2. The Morgan fingerprint density at radius 3 is 2.50 bits per heavy atom. The first kappa shape index (κ1) is 14.6. The van der Waals surface area contributed by atoms with Gasteiger partial charge in [0.05, 0.1) is 6.42 Å². The normalized spacial score (nSPS) is 10.4. The maximum atomic E-state index is 12.0. The summed E-state index contributed by atoms with van der Waals surface area (Å²) in [6, 6.07) is 5.79. The van der Waals surface area contributed by atoms with Crippen LogP contribution in [0.2, 0.25) is 0 Å². The molecule has 18 heavy (non-hydrogen) atoms. The lowest BCUT2D eigenvalue weighted by molar-refractivity contribution is -0.118. The van der Waals surface area contributed by atoms with Crippen LogP contribution in [0.15, 0.2) is 18.2 Å². The number of benzene rings is 1. The maximum Gasteiger partial charge on any atom is 0.170 e. The second-order valence-electron chi connectivity index (χ2n) is 4.91. The van der Waals surface area contributed by atoms with Gasteiger partial charge in [0.1, 0.15) is 5.78 Å². The molecule has 98 valence electrons. The van der Waals surface area contributed by atoms with Gasteiger partial charge in [-0.3, -0.25) is 9.59 Å². The molecule has 0 saturated carbocycles. The molecule has 0 unspecified atom stereocenters. The van der Waals surface area contributed by atoms with E-state index in [2.05, 4.69) is 6.92 Å². The first-order chi connectivity index (χ1) is 8.54. The quantitative estimate of drug-likeness (QED) is 0.413. The fourth-order valence-electron chi connectivity index (χ4n) is 1.97. The van der Waals surface area contributed by atoms with Gasteiger partial charge in [0.2, 0.25) is 0 Å². The smallest absolute Gasteiger partial charge is 0.170 e. The van der Waals surface area contributed by atoms with E-state index in [1.807, 2.05) is 32.0 Å². The summed E-state index contributed by atoms with van der Waals surface area (Å²) < 4.78 is 0. The van der Waals surface area contributed by atoms with Gasteiger partial charge in [-0.2, -0.15) is 0 Å². The van der Waals surface area contributed by atoms with Crippen molar-refractivity contribution in [2.24, 2.45) is 0 Å². The molecule has 0 aliphatic carbocycles. The zero-order valence-electron chi connectivity index (χ0n) is 11.6. The van der Waals surface area contributed by atoms with Crippen LogP contribution in [0.25, 0.3) is 0 Å². The Balaban J connectivity index is 2.59. The molecule has 1 rings (SSSR count). The highest BCUT2D eigenvalue weighted by molar-refractivity contribution is 6.08. The number of carbonyl (C=O) groups excluding carboxylic acids is 2. The van der Waals surface area contributed by atoms with E-state index in [1.54, 1.807) is 0 Å². The number of ketones is 2. The number of aryl methyl sites for hydroxylation is 2. The van der Waals surface area contributed by atoms with E-state index in [0.29, 0.717) is 12.0 Å². The topological polar surface area (TPSA) is 34.1 Å². The molecule has 0 aliphatic rings. The molecule has 1 aromatic carbocycles. The van der Waals surface area contributed by atoms with Crippen LogP contribution in [0.3, 0.4) is 0 Å². The summed E-state index contributed by atoms with van der Waals surface area (Å²) in [5.41, 5.74) is 2.70. The molecule has 0 aliphatic heterocycles. The summed E-state index contributed by atoms with van der Waals surface area (Å²) in [4.78, 5) is 23.7. The van der Waals surface area contributed by atoms with E-state index in [-0.39, 0.29) is 18.0 Å². The first-order valence-corrected chi connectivity index (χ1v) is 6.66. The van der Waals surface area contributed by atoms with Crippen molar-refractivity contribution >= 4 is 11.6 Å². The second kappa shape index (κ2) is 7.10. The van der Waals surface area contributed by atoms with Gasteiger partial charge in [-0.15, -0.1) is 0 Å². The third kappa shape index (κ3) is 4.44. The highest BCUT2D eigenvalue weighted by atomic mass is 16.1. The molecule has 2 nitrogen and oxygen atoms in total. The van der Waals surface area contributed by atoms with Gasteiger partial charge in [-0.25, -0.2) is 0 Å². The Bertz CT molecular complexity index is 433. The fourth-order valence-corrected chi connectivity index (χ4v) is 1.97. The number of unbranched alkanes of at least 4 members (excludes halogenated alkanes) is 2. The van der Waals surface area contributed by atoms with E-state index in [1.165, 1.54) is 0 Å². The van der Waals surface area contributed by atoms with E-state index in [4.69, 9.17) is 0 Å². The maximum absolute atomic E-state index is 12.0. The van der Waals surface area contributed by atoms with Crippen molar-refractivity contribution in [3.63, 3.8) is 0 Å². The minimum Gasteiger partial charge on any atom is -0.299 e. The van der Waals surface area contributed by atoms with Crippen LogP contribution in [0, 0.1) is 13.8 Å². The average Bonchev–Trinajstić information content (AvgIpc) is 2.32. The van der Waals surface area contributed by atoms with Gasteiger partial charge in [0.25, 0.3) is 0 Å². The summed E-state index contributed by atoms with van der Waals surface area (Å²) in [6.45, 7) is 5.97. The minimum absolute atomic E-state index is 0.0438. The molecule has 0 fully saturated rings. The Morgan fingerprint density at radius 2 is 1.83 bits per heavy atom. The molecule has 0 atom stereocenters. The van der Waals surface area contributed by atoms with Gasteiger partial charge in [-0.05, 0) is 31.9 Å². The first-order valence-electron chi connectivity index (χ1n) is 6.66. The van der Waals surface area contributed by atoms with Gasteiger partial charge < -0.3 is 0 Å². The molecule has 0 radical (unpaired) electrons. The lowest BCUT2D eigenvalue weighted by Crippen LogP contribution is -2.09. The van der Waals surface area contributed by atoms with Crippen molar-refractivity contribution in [3.05, 3.63) is 34.9 Å². The molecule has 0 heterocycles. The molecule has 0 aromatic heterocycles. The van der Waals surface area contributed by atoms with Crippen LogP contribution >= 0.6 is 0 Å². The second-order valence-corrected chi connectivity index (χ2v) is 4.91. The van der Waals surface area contributed by atoms with Gasteiger partial charge in [0, 0.05) is 12.0 Å². The summed E-state index contributed by atoms with van der Waals surface area (Å²) in [5, 5.41) is 0. The van der Waals surface area contributed by atoms with Crippen LogP contribution in [-0.2, 0) is 4.79 Å². The van der Waals surface area contributed by atoms with E-state index < -0.39 is 0 Å². The average molecular weight is 246 g/mol. The Kier molecular flexibility index (Phi) is 5.76. The Morgan fingerprint density at radius 1 is 1.11 bits per heavy atom. The van der Waals surface area contributed by atoms with Crippen molar-refractivity contribution in [1.29, 1.82) is 0 Å². The van der Waals surface area contributed by atoms with Crippen LogP contribution in [0.1, 0.15) is 60.5 Å². The number of hydrogen-bond donors (Lipinski definition) is 0. The molecule has 0 amide bonds. The van der Waals surface area contributed by atoms with Crippen molar-refractivity contribution < 1.29 is 9.59 Å². The van der Waals surface area contributed by atoms with Crippen LogP contribution < -0.4 is 0 Å². The number of hydrogen-bond acceptors (Lipinski definition) is 2. The lowest BCUT2D eigenvalue weighted by atomic mass is 9.97. The molecular weight excluding hydrogens is 224 g/mol. The van der Waals surface area contributed by atoms with Gasteiger partial charge >= 0.3 is 0 Å². The molecule has 0 bridgehead atoms. The molecular formula is C16H22O2. The SMILES string of the molecule is CCCCCC(=O)CC(=O)c1cc(C)ccc1C. The fraction of sp³-hybridized carbons (Fsp3) is 0.500. The molecule has 1 aromatic rings.